The van der Waals surface area contributed by atoms with Crippen molar-refractivity contribution in [2.75, 3.05) is 11.5 Å². The summed E-state index contributed by atoms with van der Waals surface area (Å²) in [4.78, 5) is 0. The van der Waals surface area contributed by atoms with Gasteiger partial charge in [0.1, 0.15) is 6.54 Å². The first kappa shape index (κ1) is 12.5. The molecule has 0 saturated heterocycles. The highest BCUT2D eigenvalue weighted by Crippen LogP contribution is 2.19. The lowest BCUT2D eigenvalue weighted by atomic mass is 10.2. The van der Waals surface area contributed by atoms with Gasteiger partial charge in [-0.25, -0.2) is 0 Å². The molecule has 2 rings (SSSR count). The first-order valence-corrected chi connectivity index (χ1v) is 6.52. The van der Waals surface area contributed by atoms with E-state index in [1.165, 1.54) is 5.56 Å². The Hall–Kier alpha value is -2.00. The number of nitrogen functional groups attached to an aromatic ring is 1. The Balaban J connectivity index is 1.93. The molecule has 0 radical (unpaired) electrons. The van der Waals surface area contributed by atoms with Crippen LogP contribution in [0.3, 0.4) is 0 Å². The summed E-state index contributed by atoms with van der Waals surface area (Å²) in [5, 5.41) is 17.1. The van der Waals surface area contributed by atoms with E-state index in [1.54, 1.807) is 16.3 Å². The average Bonchev–Trinajstić information content (AvgIpc) is 2.73. The lowest BCUT2D eigenvalue weighted by Gasteiger charge is -2.03. The van der Waals surface area contributed by atoms with E-state index in [2.05, 4.69) is 22.3 Å². The zero-order valence-electron chi connectivity index (χ0n) is 9.78. The van der Waals surface area contributed by atoms with Gasteiger partial charge in [-0.2, -0.15) is 5.26 Å². The third kappa shape index (κ3) is 3.02. The van der Waals surface area contributed by atoms with Crippen LogP contribution in [0.25, 0.3) is 0 Å². The molecular weight excluding hydrogens is 246 g/mol. The number of nitrogens with two attached hydrogens (primary N) is 1. The van der Waals surface area contributed by atoms with Crippen LogP contribution in [0.4, 0.5) is 5.95 Å². The number of anilines is 1. The van der Waals surface area contributed by atoms with Crippen LogP contribution >= 0.6 is 11.8 Å². The third-order valence-corrected chi connectivity index (χ3v) is 3.41. The fourth-order valence-electron chi connectivity index (χ4n) is 1.53. The van der Waals surface area contributed by atoms with Crippen molar-refractivity contribution in [1.29, 1.82) is 5.26 Å². The van der Waals surface area contributed by atoms with Crippen LogP contribution in [0.1, 0.15) is 5.56 Å². The van der Waals surface area contributed by atoms with Crippen LogP contribution in [-0.4, -0.2) is 20.5 Å². The van der Waals surface area contributed by atoms with Crippen LogP contribution in [0.2, 0.25) is 0 Å². The molecule has 0 bridgehead atoms. The summed E-state index contributed by atoms with van der Waals surface area (Å²) in [6, 6.07) is 12.3. The first-order valence-electron chi connectivity index (χ1n) is 5.53. The molecule has 5 nitrogen and oxygen atoms in total. The second-order valence-corrected chi connectivity index (χ2v) is 4.73. The molecule has 2 N–H and O–H groups in total. The number of rotatable bonds is 5. The van der Waals surface area contributed by atoms with Crippen LogP contribution in [0, 0.1) is 11.3 Å². The second kappa shape index (κ2) is 6.07. The number of nitrogens with zero attached hydrogens (tertiary/aromatic N) is 4. The fraction of sp³-hybridized carbons (Fsp3) is 0.250. The number of nitriles is 1. The lowest BCUT2D eigenvalue weighted by Crippen LogP contribution is -2.03. The highest BCUT2D eigenvalue weighted by Gasteiger charge is 2.09. The second-order valence-electron chi connectivity index (χ2n) is 3.67. The van der Waals surface area contributed by atoms with Crippen molar-refractivity contribution in [3.63, 3.8) is 0 Å². The number of aromatic nitrogens is 3. The molecule has 1 aromatic carbocycles. The molecule has 0 saturated carbocycles. The summed E-state index contributed by atoms with van der Waals surface area (Å²) in [5.74, 6) is 1.17. The summed E-state index contributed by atoms with van der Waals surface area (Å²) >= 11 is 1.56. The van der Waals surface area contributed by atoms with Gasteiger partial charge in [0.05, 0.1) is 6.07 Å². The Labute approximate surface area is 110 Å². The van der Waals surface area contributed by atoms with Gasteiger partial charge in [-0.3, -0.25) is 4.57 Å². The number of hydrogen-bond donors (Lipinski definition) is 1. The molecule has 2 aromatic rings. The minimum atomic E-state index is 0.187. The quantitative estimate of drug-likeness (QED) is 0.827. The van der Waals surface area contributed by atoms with Gasteiger partial charge < -0.3 is 5.73 Å². The number of aryl methyl sites for hydroxylation is 1. The Bertz CT molecular complexity index is 543. The number of thioether (sulfide) groups is 1. The molecule has 0 aliphatic heterocycles. The number of hydrogen-bond acceptors (Lipinski definition) is 5. The predicted octanol–water partition coefficient (Wildman–Crippen LogP) is 1.72. The van der Waals surface area contributed by atoms with Crippen molar-refractivity contribution < 1.29 is 0 Å². The van der Waals surface area contributed by atoms with Gasteiger partial charge in [0.2, 0.25) is 5.95 Å². The van der Waals surface area contributed by atoms with E-state index in [4.69, 9.17) is 11.0 Å². The van der Waals surface area contributed by atoms with Crippen molar-refractivity contribution in [2.45, 2.75) is 18.1 Å². The van der Waals surface area contributed by atoms with E-state index >= 15 is 0 Å². The first-order chi connectivity index (χ1) is 8.81. The van der Waals surface area contributed by atoms with E-state index < -0.39 is 0 Å². The van der Waals surface area contributed by atoms with Crippen molar-refractivity contribution in [3.05, 3.63) is 35.9 Å². The van der Waals surface area contributed by atoms with Gasteiger partial charge in [-0.1, -0.05) is 42.1 Å². The van der Waals surface area contributed by atoms with Crippen molar-refractivity contribution in [1.82, 2.24) is 14.8 Å². The Kier molecular flexibility index (Phi) is 4.20. The molecule has 6 heteroatoms. The van der Waals surface area contributed by atoms with Crippen LogP contribution in [0.15, 0.2) is 35.5 Å². The molecule has 0 atom stereocenters. The van der Waals surface area contributed by atoms with E-state index in [1.807, 2.05) is 24.3 Å². The average molecular weight is 259 g/mol. The molecule has 1 aromatic heterocycles. The molecule has 18 heavy (non-hydrogen) atoms. The zero-order chi connectivity index (χ0) is 12.8. The predicted molar refractivity (Wildman–Crippen MR) is 70.9 cm³/mol. The third-order valence-electron chi connectivity index (χ3n) is 2.44. The summed E-state index contributed by atoms with van der Waals surface area (Å²) in [6.45, 7) is 0.187. The Morgan fingerprint density at radius 1 is 1.28 bits per heavy atom. The number of benzene rings is 1. The molecule has 0 fully saturated rings. The summed E-state index contributed by atoms with van der Waals surface area (Å²) < 4.78 is 1.62. The zero-order valence-corrected chi connectivity index (χ0v) is 10.6. The van der Waals surface area contributed by atoms with Gasteiger partial charge in [-0.05, 0) is 12.0 Å². The standard InChI is InChI=1S/C12H13N5S/c13-7-8-17-11(14)15-16-12(17)18-9-6-10-4-2-1-3-5-10/h1-5H,6,8-9H2,(H2,14,15). The van der Waals surface area contributed by atoms with Gasteiger partial charge in [0.25, 0.3) is 0 Å². The van der Waals surface area contributed by atoms with E-state index in [9.17, 15) is 0 Å². The Morgan fingerprint density at radius 2 is 2.06 bits per heavy atom. The Morgan fingerprint density at radius 3 is 2.78 bits per heavy atom. The van der Waals surface area contributed by atoms with Crippen LogP contribution in [-0.2, 0) is 13.0 Å². The van der Waals surface area contributed by atoms with Crippen LogP contribution < -0.4 is 5.73 Å². The minimum Gasteiger partial charge on any atom is -0.368 e. The molecular formula is C12H13N5S. The van der Waals surface area contributed by atoms with Gasteiger partial charge in [-0.15, -0.1) is 10.2 Å². The highest BCUT2D eigenvalue weighted by atomic mass is 32.2. The smallest absolute Gasteiger partial charge is 0.223 e. The maximum Gasteiger partial charge on any atom is 0.223 e. The molecule has 1 heterocycles. The summed E-state index contributed by atoms with van der Waals surface area (Å²) in [7, 11) is 0. The molecule has 0 unspecified atom stereocenters. The van der Waals surface area contributed by atoms with Crippen molar-refractivity contribution >= 4 is 17.7 Å². The molecule has 0 aliphatic rings. The monoisotopic (exact) mass is 259 g/mol. The molecule has 92 valence electrons. The molecule has 0 spiro atoms. The summed E-state index contributed by atoms with van der Waals surface area (Å²) in [6.07, 6.45) is 0.949. The van der Waals surface area contributed by atoms with E-state index in [0.29, 0.717) is 11.1 Å². The SMILES string of the molecule is N#CCn1c(N)nnc1SCCc1ccccc1. The lowest BCUT2D eigenvalue weighted by molar-refractivity contribution is 0.740. The van der Waals surface area contributed by atoms with Gasteiger partial charge in [0, 0.05) is 5.75 Å². The topological polar surface area (TPSA) is 80.5 Å². The maximum absolute atomic E-state index is 8.70. The molecule has 0 amide bonds. The fourth-order valence-corrected chi connectivity index (χ4v) is 2.46. The van der Waals surface area contributed by atoms with Gasteiger partial charge >= 0.3 is 0 Å². The van der Waals surface area contributed by atoms with Crippen LogP contribution in [0.5, 0.6) is 0 Å². The highest BCUT2D eigenvalue weighted by molar-refractivity contribution is 7.99. The van der Waals surface area contributed by atoms with Gasteiger partial charge in [0.15, 0.2) is 5.16 Å². The summed E-state index contributed by atoms with van der Waals surface area (Å²) in [5.41, 5.74) is 6.92. The molecule has 0 aliphatic carbocycles. The van der Waals surface area contributed by atoms with E-state index in [0.717, 1.165) is 12.2 Å². The minimum absolute atomic E-state index is 0.187. The normalized spacial score (nSPS) is 10.2. The van der Waals surface area contributed by atoms with Crippen molar-refractivity contribution in [2.24, 2.45) is 0 Å². The maximum atomic E-state index is 8.70. The van der Waals surface area contributed by atoms with E-state index in [-0.39, 0.29) is 6.54 Å². The van der Waals surface area contributed by atoms with Crippen molar-refractivity contribution in [3.8, 4) is 6.07 Å². The largest absolute Gasteiger partial charge is 0.368 e.